The SMILES string of the molecule is CCNCC1CCCCC1Cc1ccc2ccccc2n1. The average Bonchev–Trinajstić information content (AvgIpc) is 2.54. The van der Waals surface area contributed by atoms with Crippen molar-refractivity contribution in [1.29, 1.82) is 0 Å². The Morgan fingerprint density at radius 2 is 1.86 bits per heavy atom. The lowest BCUT2D eigenvalue weighted by atomic mass is 9.76. The molecule has 2 heteroatoms. The van der Waals surface area contributed by atoms with Crippen molar-refractivity contribution >= 4 is 10.9 Å². The van der Waals surface area contributed by atoms with Crippen LogP contribution in [0.5, 0.6) is 0 Å². The molecule has 2 unspecified atom stereocenters. The van der Waals surface area contributed by atoms with Crippen molar-refractivity contribution in [3.8, 4) is 0 Å². The van der Waals surface area contributed by atoms with E-state index >= 15 is 0 Å². The molecule has 3 rings (SSSR count). The third-order valence-electron chi connectivity index (χ3n) is 4.85. The molecule has 0 saturated heterocycles. The second-order valence-corrected chi connectivity index (χ2v) is 6.31. The number of para-hydroxylation sites is 1. The molecular weight excluding hydrogens is 256 g/mol. The minimum absolute atomic E-state index is 0.798. The summed E-state index contributed by atoms with van der Waals surface area (Å²) in [6.07, 6.45) is 6.68. The summed E-state index contributed by atoms with van der Waals surface area (Å²) in [5, 5.41) is 4.79. The molecule has 0 bridgehead atoms. The van der Waals surface area contributed by atoms with Gasteiger partial charge in [-0.05, 0) is 56.3 Å². The molecule has 1 aliphatic carbocycles. The van der Waals surface area contributed by atoms with Crippen molar-refractivity contribution < 1.29 is 0 Å². The van der Waals surface area contributed by atoms with Crippen LogP contribution in [-0.2, 0) is 6.42 Å². The molecule has 1 fully saturated rings. The van der Waals surface area contributed by atoms with E-state index in [1.807, 2.05) is 0 Å². The quantitative estimate of drug-likeness (QED) is 0.889. The van der Waals surface area contributed by atoms with E-state index in [0.717, 1.165) is 30.3 Å². The van der Waals surface area contributed by atoms with Gasteiger partial charge in [0.2, 0.25) is 0 Å². The van der Waals surface area contributed by atoms with E-state index < -0.39 is 0 Å². The molecule has 0 spiro atoms. The Hall–Kier alpha value is -1.41. The predicted molar refractivity (Wildman–Crippen MR) is 89.4 cm³/mol. The smallest absolute Gasteiger partial charge is 0.0705 e. The maximum atomic E-state index is 4.86. The molecule has 0 aliphatic heterocycles. The van der Waals surface area contributed by atoms with E-state index in [9.17, 15) is 0 Å². The number of nitrogens with one attached hydrogen (secondary N) is 1. The third-order valence-corrected chi connectivity index (χ3v) is 4.85. The van der Waals surface area contributed by atoms with Crippen LogP contribution in [0, 0.1) is 11.8 Å². The van der Waals surface area contributed by atoms with Crippen molar-refractivity contribution in [3.05, 3.63) is 42.1 Å². The molecule has 2 aromatic rings. The molecule has 2 atom stereocenters. The predicted octanol–water partition coefficient (Wildman–Crippen LogP) is 4.19. The van der Waals surface area contributed by atoms with Crippen molar-refractivity contribution in [1.82, 2.24) is 10.3 Å². The second kappa shape index (κ2) is 7.04. The summed E-state index contributed by atoms with van der Waals surface area (Å²) in [6, 6.07) is 12.9. The van der Waals surface area contributed by atoms with Gasteiger partial charge in [0.05, 0.1) is 5.52 Å². The zero-order chi connectivity index (χ0) is 14.5. The lowest BCUT2D eigenvalue weighted by Gasteiger charge is -2.31. The van der Waals surface area contributed by atoms with E-state index in [1.165, 1.54) is 43.3 Å². The summed E-state index contributed by atoms with van der Waals surface area (Å²) in [4.78, 5) is 4.86. The van der Waals surface area contributed by atoms with Gasteiger partial charge in [0.15, 0.2) is 0 Å². The van der Waals surface area contributed by atoms with Gasteiger partial charge in [-0.1, -0.05) is 44.0 Å². The van der Waals surface area contributed by atoms with Gasteiger partial charge in [0.1, 0.15) is 0 Å². The minimum atomic E-state index is 0.798. The normalized spacial score (nSPS) is 22.5. The first-order valence-electron chi connectivity index (χ1n) is 8.42. The number of hydrogen-bond acceptors (Lipinski definition) is 2. The molecular formula is C19H26N2. The lowest BCUT2D eigenvalue weighted by molar-refractivity contribution is 0.228. The van der Waals surface area contributed by atoms with E-state index in [1.54, 1.807) is 0 Å². The topological polar surface area (TPSA) is 24.9 Å². The number of fused-ring (bicyclic) bond motifs is 1. The van der Waals surface area contributed by atoms with Gasteiger partial charge < -0.3 is 5.32 Å². The van der Waals surface area contributed by atoms with Crippen LogP contribution in [0.25, 0.3) is 10.9 Å². The van der Waals surface area contributed by atoms with Gasteiger partial charge >= 0.3 is 0 Å². The van der Waals surface area contributed by atoms with Gasteiger partial charge in [-0.25, -0.2) is 0 Å². The van der Waals surface area contributed by atoms with Gasteiger partial charge in [0.25, 0.3) is 0 Å². The number of nitrogens with zero attached hydrogens (tertiary/aromatic N) is 1. The number of hydrogen-bond donors (Lipinski definition) is 1. The standard InChI is InChI=1S/C19H26N2/c1-2-20-14-17-9-4-3-8-16(17)13-18-12-11-15-7-5-6-10-19(15)21-18/h5-7,10-12,16-17,20H,2-4,8-9,13-14H2,1H3. The van der Waals surface area contributed by atoms with E-state index in [0.29, 0.717) is 0 Å². The van der Waals surface area contributed by atoms with E-state index in [2.05, 4.69) is 48.6 Å². The number of aromatic nitrogens is 1. The molecule has 1 aliphatic rings. The van der Waals surface area contributed by atoms with Crippen molar-refractivity contribution in [3.63, 3.8) is 0 Å². The summed E-state index contributed by atoms with van der Waals surface area (Å²) in [6.45, 7) is 4.45. The van der Waals surface area contributed by atoms with Crippen LogP contribution in [0.15, 0.2) is 36.4 Å². The van der Waals surface area contributed by atoms with Gasteiger partial charge in [-0.15, -0.1) is 0 Å². The van der Waals surface area contributed by atoms with Crippen LogP contribution in [-0.4, -0.2) is 18.1 Å². The van der Waals surface area contributed by atoms with Gasteiger partial charge in [-0.3, -0.25) is 4.98 Å². The molecule has 1 aromatic heterocycles. The molecule has 1 N–H and O–H groups in total. The first kappa shape index (κ1) is 14.5. The first-order chi connectivity index (χ1) is 10.4. The molecule has 1 aromatic carbocycles. The summed E-state index contributed by atoms with van der Waals surface area (Å²) in [5.74, 6) is 1.62. The zero-order valence-electron chi connectivity index (χ0n) is 13.0. The van der Waals surface area contributed by atoms with Crippen molar-refractivity contribution in [2.45, 2.75) is 39.0 Å². The fourth-order valence-electron chi connectivity index (χ4n) is 3.64. The largest absolute Gasteiger partial charge is 0.317 e. The molecule has 0 amide bonds. The number of benzene rings is 1. The number of pyridine rings is 1. The van der Waals surface area contributed by atoms with Gasteiger partial charge in [-0.2, -0.15) is 0 Å². The average molecular weight is 282 g/mol. The monoisotopic (exact) mass is 282 g/mol. The summed E-state index contributed by atoms with van der Waals surface area (Å²) in [5.41, 5.74) is 2.40. The van der Waals surface area contributed by atoms with Crippen molar-refractivity contribution in [2.24, 2.45) is 11.8 Å². The first-order valence-corrected chi connectivity index (χ1v) is 8.42. The van der Waals surface area contributed by atoms with Gasteiger partial charge in [0, 0.05) is 11.1 Å². The lowest BCUT2D eigenvalue weighted by Crippen LogP contribution is -2.31. The van der Waals surface area contributed by atoms with Crippen LogP contribution < -0.4 is 5.32 Å². The summed E-state index contributed by atoms with van der Waals surface area (Å²) < 4.78 is 0. The Bertz CT molecular complexity index is 579. The Labute approximate surface area is 128 Å². The highest BCUT2D eigenvalue weighted by molar-refractivity contribution is 5.78. The summed E-state index contributed by atoms with van der Waals surface area (Å²) >= 11 is 0. The maximum Gasteiger partial charge on any atom is 0.0705 e. The maximum absolute atomic E-state index is 4.86. The molecule has 1 heterocycles. The Morgan fingerprint density at radius 3 is 2.71 bits per heavy atom. The molecule has 112 valence electrons. The fraction of sp³-hybridized carbons (Fsp3) is 0.526. The van der Waals surface area contributed by atoms with Crippen LogP contribution in [0.4, 0.5) is 0 Å². The molecule has 2 nitrogen and oxygen atoms in total. The minimum Gasteiger partial charge on any atom is -0.317 e. The fourth-order valence-corrected chi connectivity index (χ4v) is 3.64. The third kappa shape index (κ3) is 3.62. The molecule has 21 heavy (non-hydrogen) atoms. The summed E-state index contributed by atoms with van der Waals surface area (Å²) in [7, 11) is 0. The van der Waals surface area contributed by atoms with Crippen LogP contribution in [0.2, 0.25) is 0 Å². The Balaban J connectivity index is 1.72. The highest BCUT2D eigenvalue weighted by Gasteiger charge is 2.25. The van der Waals surface area contributed by atoms with E-state index in [4.69, 9.17) is 4.98 Å². The Kier molecular flexibility index (Phi) is 4.87. The van der Waals surface area contributed by atoms with Crippen LogP contribution >= 0.6 is 0 Å². The number of rotatable bonds is 5. The van der Waals surface area contributed by atoms with Crippen LogP contribution in [0.3, 0.4) is 0 Å². The van der Waals surface area contributed by atoms with Crippen molar-refractivity contribution in [2.75, 3.05) is 13.1 Å². The molecule has 1 saturated carbocycles. The molecule has 0 radical (unpaired) electrons. The van der Waals surface area contributed by atoms with Crippen LogP contribution in [0.1, 0.15) is 38.3 Å². The van der Waals surface area contributed by atoms with E-state index in [-0.39, 0.29) is 0 Å². The second-order valence-electron chi connectivity index (χ2n) is 6.31. The highest BCUT2D eigenvalue weighted by Crippen LogP contribution is 2.32. The Morgan fingerprint density at radius 1 is 1.05 bits per heavy atom. The zero-order valence-corrected chi connectivity index (χ0v) is 13.0. The highest BCUT2D eigenvalue weighted by atomic mass is 14.8.